The lowest BCUT2D eigenvalue weighted by molar-refractivity contribution is -0.0777. The van der Waals surface area contributed by atoms with E-state index in [1.54, 1.807) is 0 Å². The summed E-state index contributed by atoms with van der Waals surface area (Å²) < 4.78 is 7.86. The van der Waals surface area contributed by atoms with E-state index in [9.17, 15) is 4.79 Å². The third-order valence-corrected chi connectivity index (χ3v) is 4.60. The van der Waals surface area contributed by atoms with Crippen LogP contribution in [0.15, 0.2) is 6.20 Å². The Morgan fingerprint density at radius 3 is 3.09 bits per heavy atom. The maximum Gasteiger partial charge on any atom is 0.274 e. The van der Waals surface area contributed by atoms with Crippen molar-refractivity contribution in [2.45, 2.75) is 58.3 Å². The van der Waals surface area contributed by atoms with E-state index >= 15 is 0 Å². The number of nitrogens with zero attached hydrogens (tertiary/aromatic N) is 3. The summed E-state index contributed by atoms with van der Waals surface area (Å²) in [5.74, 6) is 1.00. The Labute approximate surface area is 131 Å². The molecule has 122 valence electrons. The second-order valence-electron chi connectivity index (χ2n) is 6.76. The second-order valence-corrected chi connectivity index (χ2v) is 6.76. The van der Waals surface area contributed by atoms with Crippen molar-refractivity contribution in [3.05, 3.63) is 17.7 Å². The smallest absolute Gasteiger partial charge is 0.274 e. The molecule has 6 heteroatoms. The molecule has 6 nitrogen and oxygen atoms in total. The van der Waals surface area contributed by atoms with E-state index < -0.39 is 0 Å². The number of hydrogen-bond donors (Lipinski definition) is 1. The van der Waals surface area contributed by atoms with Gasteiger partial charge in [0.25, 0.3) is 5.91 Å². The first-order valence-electron chi connectivity index (χ1n) is 8.22. The van der Waals surface area contributed by atoms with Gasteiger partial charge in [-0.25, -0.2) is 4.98 Å². The van der Waals surface area contributed by atoms with Gasteiger partial charge in [-0.1, -0.05) is 0 Å². The van der Waals surface area contributed by atoms with Crippen molar-refractivity contribution in [1.82, 2.24) is 19.8 Å². The Balaban J connectivity index is 1.78. The maximum atomic E-state index is 12.9. The monoisotopic (exact) mass is 306 g/mol. The highest BCUT2D eigenvalue weighted by atomic mass is 16.5. The minimum atomic E-state index is -0.159. The van der Waals surface area contributed by atoms with Crippen LogP contribution in [0.1, 0.15) is 49.9 Å². The first-order chi connectivity index (χ1) is 10.5. The molecule has 22 heavy (non-hydrogen) atoms. The molecule has 1 aromatic heterocycles. The summed E-state index contributed by atoms with van der Waals surface area (Å²) in [5.41, 5.74) is 0.415. The zero-order valence-corrected chi connectivity index (χ0v) is 13.8. The van der Waals surface area contributed by atoms with Gasteiger partial charge in [-0.3, -0.25) is 4.79 Å². The molecule has 0 unspecified atom stereocenters. The average Bonchev–Trinajstić information content (AvgIpc) is 2.91. The van der Waals surface area contributed by atoms with Crippen LogP contribution in [0.2, 0.25) is 0 Å². The molecule has 1 N–H and O–H groups in total. The molecule has 0 aromatic carbocycles. The van der Waals surface area contributed by atoms with E-state index in [0.717, 1.165) is 38.3 Å². The highest BCUT2D eigenvalue weighted by Crippen LogP contribution is 2.28. The van der Waals surface area contributed by atoms with Gasteiger partial charge in [-0.05, 0) is 33.6 Å². The largest absolute Gasteiger partial charge is 0.375 e. The standard InChI is InChI=1S/C16H26N4O2/c1-4-20(12-5-8-22-16(2,3)9-12)15(21)13-11-19-7-6-17-10-14(19)18-13/h11-12,17H,4-10H2,1-3H3/t12-/m0/s1. The van der Waals surface area contributed by atoms with Crippen molar-refractivity contribution in [3.63, 3.8) is 0 Å². The predicted molar refractivity (Wildman–Crippen MR) is 83.7 cm³/mol. The Kier molecular flexibility index (Phi) is 4.23. The van der Waals surface area contributed by atoms with Crippen LogP contribution in [0, 0.1) is 0 Å². The lowest BCUT2D eigenvalue weighted by Gasteiger charge is -2.40. The zero-order chi connectivity index (χ0) is 15.7. The third-order valence-electron chi connectivity index (χ3n) is 4.60. The number of aromatic nitrogens is 2. The van der Waals surface area contributed by atoms with Gasteiger partial charge >= 0.3 is 0 Å². The Morgan fingerprint density at radius 2 is 2.41 bits per heavy atom. The minimum Gasteiger partial charge on any atom is -0.375 e. The molecule has 1 fully saturated rings. The number of carbonyl (C=O) groups excluding carboxylic acids is 1. The van der Waals surface area contributed by atoms with Gasteiger partial charge in [0.1, 0.15) is 11.5 Å². The van der Waals surface area contributed by atoms with E-state index in [-0.39, 0.29) is 17.6 Å². The van der Waals surface area contributed by atoms with E-state index in [1.165, 1.54) is 0 Å². The summed E-state index contributed by atoms with van der Waals surface area (Å²) in [5, 5.41) is 3.29. The highest BCUT2D eigenvalue weighted by molar-refractivity contribution is 5.92. The average molecular weight is 306 g/mol. The highest BCUT2D eigenvalue weighted by Gasteiger charge is 2.34. The summed E-state index contributed by atoms with van der Waals surface area (Å²) in [6.07, 6.45) is 3.69. The summed E-state index contributed by atoms with van der Waals surface area (Å²) in [6, 6.07) is 0.234. The van der Waals surface area contributed by atoms with Crippen molar-refractivity contribution in [1.29, 1.82) is 0 Å². The molecule has 3 rings (SSSR count). The number of fused-ring (bicyclic) bond motifs is 1. The van der Waals surface area contributed by atoms with Gasteiger partial charge in [-0.15, -0.1) is 0 Å². The molecular weight excluding hydrogens is 280 g/mol. The van der Waals surface area contributed by atoms with Gasteiger partial charge in [-0.2, -0.15) is 0 Å². The molecular formula is C16H26N4O2. The quantitative estimate of drug-likeness (QED) is 0.917. The van der Waals surface area contributed by atoms with Gasteiger partial charge in [0.05, 0.1) is 12.1 Å². The van der Waals surface area contributed by atoms with Gasteiger partial charge in [0.2, 0.25) is 0 Å². The summed E-state index contributed by atoms with van der Waals surface area (Å²) in [7, 11) is 0. The molecule has 0 bridgehead atoms. The van der Waals surface area contributed by atoms with Crippen LogP contribution in [-0.4, -0.2) is 51.7 Å². The number of imidazole rings is 1. The Hall–Kier alpha value is -1.40. The van der Waals surface area contributed by atoms with Crippen molar-refractivity contribution in [2.75, 3.05) is 19.7 Å². The normalized spacial score (nSPS) is 23.9. The van der Waals surface area contributed by atoms with Gasteiger partial charge in [0.15, 0.2) is 0 Å². The van der Waals surface area contributed by atoms with Crippen LogP contribution in [0.25, 0.3) is 0 Å². The van der Waals surface area contributed by atoms with Crippen LogP contribution in [0.5, 0.6) is 0 Å². The molecule has 1 saturated heterocycles. The van der Waals surface area contributed by atoms with Crippen LogP contribution in [0.4, 0.5) is 0 Å². The van der Waals surface area contributed by atoms with E-state index in [2.05, 4.69) is 28.7 Å². The van der Waals surface area contributed by atoms with Gasteiger partial charge in [0, 0.05) is 38.5 Å². The lowest BCUT2D eigenvalue weighted by atomic mass is 9.92. The SMILES string of the molecule is CCN(C(=O)c1cn2c(n1)CNCC2)[C@H]1CCOC(C)(C)C1. The van der Waals surface area contributed by atoms with E-state index in [0.29, 0.717) is 18.8 Å². The summed E-state index contributed by atoms with van der Waals surface area (Å²) >= 11 is 0. The molecule has 2 aliphatic heterocycles. The van der Waals surface area contributed by atoms with Crippen molar-refractivity contribution < 1.29 is 9.53 Å². The third kappa shape index (κ3) is 3.03. The first-order valence-corrected chi connectivity index (χ1v) is 8.22. The van der Waals surface area contributed by atoms with Crippen molar-refractivity contribution >= 4 is 5.91 Å². The molecule has 0 aliphatic carbocycles. The number of carbonyl (C=O) groups is 1. The molecule has 0 spiro atoms. The number of rotatable bonds is 3. The molecule has 1 atom stereocenters. The van der Waals surface area contributed by atoms with E-state index in [1.807, 2.05) is 18.0 Å². The van der Waals surface area contributed by atoms with Gasteiger partial charge < -0.3 is 19.5 Å². The number of nitrogens with one attached hydrogen (secondary N) is 1. The fourth-order valence-electron chi connectivity index (χ4n) is 3.47. The molecule has 0 radical (unpaired) electrons. The van der Waals surface area contributed by atoms with Crippen molar-refractivity contribution in [3.8, 4) is 0 Å². The summed E-state index contributed by atoms with van der Waals surface area (Å²) in [6.45, 7) is 10.2. The molecule has 0 saturated carbocycles. The first kappa shape index (κ1) is 15.5. The molecule has 1 aromatic rings. The Morgan fingerprint density at radius 1 is 1.59 bits per heavy atom. The van der Waals surface area contributed by atoms with Crippen molar-refractivity contribution in [2.24, 2.45) is 0 Å². The fraction of sp³-hybridized carbons (Fsp3) is 0.750. The molecule has 1 amide bonds. The maximum absolute atomic E-state index is 12.9. The molecule has 2 aliphatic rings. The second kappa shape index (κ2) is 6.01. The topological polar surface area (TPSA) is 59.4 Å². The number of hydrogen-bond acceptors (Lipinski definition) is 4. The fourth-order valence-corrected chi connectivity index (χ4v) is 3.47. The minimum absolute atomic E-state index is 0.0482. The van der Waals surface area contributed by atoms with Crippen LogP contribution in [-0.2, 0) is 17.8 Å². The van der Waals surface area contributed by atoms with Crippen LogP contribution >= 0.6 is 0 Å². The summed E-state index contributed by atoms with van der Waals surface area (Å²) in [4.78, 5) is 19.4. The van der Waals surface area contributed by atoms with Crippen LogP contribution < -0.4 is 5.32 Å². The lowest BCUT2D eigenvalue weighted by Crippen LogP contribution is -2.48. The van der Waals surface area contributed by atoms with Crippen LogP contribution in [0.3, 0.4) is 0 Å². The van der Waals surface area contributed by atoms with E-state index in [4.69, 9.17) is 4.74 Å². The Bertz CT molecular complexity index is 529. The number of ether oxygens (including phenoxy) is 1. The zero-order valence-electron chi connectivity index (χ0n) is 13.8. The number of amides is 1. The predicted octanol–water partition coefficient (Wildman–Crippen LogP) is 1.41. The molecule has 3 heterocycles.